The van der Waals surface area contributed by atoms with Crippen molar-refractivity contribution < 1.29 is 13.2 Å². The van der Waals surface area contributed by atoms with Crippen LogP contribution in [0.15, 0.2) is 88.7 Å². The summed E-state index contributed by atoms with van der Waals surface area (Å²) >= 11 is 1.56. The van der Waals surface area contributed by atoms with Gasteiger partial charge in [0.2, 0.25) is 0 Å². The Labute approximate surface area is 206 Å². The molecule has 0 bridgehead atoms. The van der Waals surface area contributed by atoms with E-state index in [1.807, 2.05) is 29.4 Å². The average molecular weight is 496 g/mol. The van der Waals surface area contributed by atoms with Gasteiger partial charge in [0.1, 0.15) is 0 Å². The molecule has 1 amide bonds. The molecule has 0 atom stereocenters. The molecule has 1 saturated heterocycles. The molecule has 1 aliphatic rings. The van der Waals surface area contributed by atoms with Crippen molar-refractivity contribution in [1.29, 1.82) is 0 Å². The van der Waals surface area contributed by atoms with E-state index in [1.165, 1.54) is 16.9 Å². The SMILES string of the molecule is CSc1ccc(S(=O)(=O)N(C)c2ccc(C(=O)N3CCN(Cc4ccccc4)CC3)cc2)cc1. The first kappa shape index (κ1) is 24.3. The maximum Gasteiger partial charge on any atom is 0.264 e. The maximum atomic E-state index is 13.0. The molecular formula is C26H29N3O3S2. The van der Waals surface area contributed by atoms with Crippen LogP contribution in [-0.2, 0) is 16.6 Å². The zero-order valence-corrected chi connectivity index (χ0v) is 21.1. The minimum Gasteiger partial charge on any atom is -0.336 e. The number of nitrogens with zero attached hydrogens (tertiary/aromatic N) is 3. The van der Waals surface area contributed by atoms with Gasteiger partial charge < -0.3 is 4.90 Å². The van der Waals surface area contributed by atoms with Crippen LogP contribution in [0.1, 0.15) is 15.9 Å². The maximum absolute atomic E-state index is 13.0. The first-order valence-electron chi connectivity index (χ1n) is 11.2. The number of carbonyl (C=O) groups is 1. The van der Waals surface area contributed by atoms with E-state index >= 15 is 0 Å². The van der Waals surface area contributed by atoms with Gasteiger partial charge in [0.25, 0.3) is 15.9 Å². The van der Waals surface area contributed by atoms with Gasteiger partial charge in [-0.05, 0) is 60.4 Å². The van der Waals surface area contributed by atoms with Gasteiger partial charge in [0, 0.05) is 50.2 Å². The molecule has 1 aliphatic heterocycles. The van der Waals surface area contributed by atoms with Crippen molar-refractivity contribution in [3.8, 4) is 0 Å². The minimum atomic E-state index is -3.68. The Balaban J connectivity index is 1.37. The fourth-order valence-electron chi connectivity index (χ4n) is 3.99. The van der Waals surface area contributed by atoms with E-state index in [2.05, 4.69) is 17.0 Å². The summed E-state index contributed by atoms with van der Waals surface area (Å²) in [4.78, 5) is 18.5. The third-order valence-electron chi connectivity index (χ3n) is 6.10. The van der Waals surface area contributed by atoms with Crippen molar-refractivity contribution in [2.45, 2.75) is 16.3 Å². The van der Waals surface area contributed by atoms with E-state index < -0.39 is 10.0 Å². The normalized spacial score (nSPS) is 14.7. The molecule has 4 rings (SSSR count). The Morgan fingerprint density at radius 3 is 2.09 bits per heavy atom. The molecule has 0 radical (unpaired) electrons. The van der Waals surface area contributed by atoms with E-state index in [0.29, 0.717) is 24.3 Å². The van der Waals surface area contributed by atoms with Gasteiger partial charge in [-0.2, -0.15) is 0 Å². The summed E-state index contributed by atoms with van der Waals surface area (Å²) in [6.45, 7) is 3.89. The van der Waals surface area contributed by atoms with Crippen LogP contribution in [-0.4, -0.2) is 63.6 Å². The molecule has 178 valence electrons. The van der Waals surface area contributed by atoms with Crippen LogP contribution < -0.4 is 4.31 Å². The fraction of sp³-hybridized carbons (Fsp3) is 0.269. The molecule has 6 nitrogen and oxygen atoms in total. The molecule has 3 aromatic rings. The Bertz CT molecular complexity index is 1210. The lowest BCUT2D eigenvalue weighted by atomic mass is 10.1. The lowest BCUT2D eigenvalue weighted by Crippen LogP contribution is -2.48. The second-order valence-corrected chi connectivity index (χ2v) is 11.1. The van der Waals surface area contributed by atoms with Gasteiger partial charge in [0.05, 0.1) is 10.6 Å². The standard InChI is InChI=1S/C26H29N3O3S2/c1-27(34(31,32)25-14-12-24(33-2)13-15-25)23-10-8-22(9-11-23)26(30)29-18-16-28(17-19-29)20-21-6-4-3-5-7-21/h3-15H,16-20H2,1-2H3. The number of thioether (sulfide) groups is 1. The molecule has 1 heterocycles. The van der Waals surface area contributed by atoms with Gasteiger partial charge in [-0.1, -0.05) is 30.3 Å². The van der Waals surface area contributed by atoms with Gasteiger partial charge in [-0.25, -0.2) is 8.42 Å². The molecule has 3 aromatic carbocycles. The highest BCUT2D eigenvalue weighted by molar-refractivity contribution is 7.98. The molecular weight excluding hydrogens is 466 g/mol. The van der Waals surface area contributed by atoms with Crippen LogP contribution in [0.5, 0.6) is 0 Å². The molecule has 0 N–H and O–H groups in total. The highest BCUT2D eigenvalue weighted by atomic mass is 32.2. The van der Waals surface area contributed by atoms with Crippen molar-refractivity contribution in [2.75, 3.05) is 43.8 Å². The summed E-state index contributed by atoms with van der Waals surface area (Å²) in [6.07, 6.45) is 1.95. The first-order chi connectivity index (χ1) is 16.4. The molecule has 1 fully saturated rings. The number of hydrogen-bond donors (Lipinski definition) is 0. The number of piperazine rings is 1. The molecule has 0 saturated carbocycles. The van der Waals surface area contributed by atoms with Crippen LogP contribution in [0, 0.1) is 0 Å². The second-order valence-electron chi connectivity index (χ2n) is 8.25. The summed E-state index contributed by atoms with van der Waals surface area (Å²) in [5.41, 5.74) is 2.35. The van der Waals surface area contributed by atoms with Crippen molar-refractivity contribution in [3.63, 3.8) is 0 Å². The highest BCUT2D eigenvalue weighted by Crippen LogP contribution is 2.25. The molecule has 0 aromatic heterocycles. The summed E-state index contributed by atoms with van der Waals surface area (Å²) in [5, 5.41) is 0. The summed E-state index contributed by atoms with van der Waals surface area (Å²) in [5.74, 6) is -0.0240. The molecule has 0 aliphatic carbocycles. The minimum absolute atomic E-state index is 0.0240. The van der Waals surface area contributed by atoms with E-state index in [-0.39, 0.29) is 10.8 Å². The smallest absolute Gasteiger partial charge is 0.264 e. The predicted molar refractivity (Wildman–Crippen MR) is 138 cm³/mol. The van der Waals surface area contributed by atoms with Crippen LogP contribution in [0.2, 0.25) is 0 Å². The van der Waals surface area contributed by atoms with Crippen LogP contribution in [0.3, 0.4) is 0 Å². The van der Waals surface area contributed by atoms with Crippen LogP contribution >= 0.6 is 11.8 Å². The molecule has 0 spiro atoms. The number of benzene rings is 3. The first-order valence-corrected chi connectivity index (χ1v) is 13.8. The van der Waals surface area contributed by atoms with Gasteiger partial charge in [-0.3, -0.25) is 14.0 Å². The summed E-state index contributed by atoms with van der Waals surface area (Å²) in [6, 6.07) is 24.0. The van der Waals surface area contributed by atoms with Crippen molar-refractivity contribution >= 4 is 33.4 Å². The summed E-state index contributed by atoms with van der Waals surface area (Å²) in [7, 11) is -2.15. The zero-order valence-electron chi connectivity index (χ0n) is 19.4. The van der Waals surface area contributed by atoms with Crippen LogP contribution in [0.25, 0.3) is 0 Å². The Hall–Kier alpha value is -2.81. The monoisotopic (exact) mass is 495 g/mol. The second kappa shape index (κ2) is 10.6. The number of amides is 1. The van der Waals surface area contributed by atoms with E-state index in [9.17, 15) is 13.2 Å². The number of carbonyl (C=O) groups excluding carboxylic acids is 1. The third kappa shape index (κ3) is 5.46. The lowest BCUT2D eigenvalue weighted by molar-refractivity contribution is 0.0628. The largest absolute Gasteiger partial charge is 0.336 e. The van der Waals surface area contributed by atoms with Gasteiger partial charge in [0.15, 0.2) is 0 Å². The fourth-order valence-corrected chi connectivity index (χ4v) is 5.60. The average Bonchev–Trinajstić information content (AvgIpc) is 2.89. The van der Waals surface area contributed by atoms with Crippen molar-refractivity contribution in [3.05, 3.63) is 90.0 Å². The van der Waals surface area contributed by atoms with Gasteiger partial charge >= 0.3 is 0 Å². The van der Waals surface area contributed by atoms with Crippen molar-refractivity contribution in [2.24, 2.45) is 0 Å². The van der Waals surface area contributed by atoms with E-state index in [0.717, 1.165) is 24.5 Å². The molecule has 34 heavy (non-hydrogen) atoms. The Morgan fingerprint density at radius 2 is 1.50 bits per heavy atom. The number of hydrogen-bond acceptors (Lipinski definition) is 5. The Morgan fingerprint density at radius 1 is 0.882 bits per heavy atom. The molecule has 8 heteroatoms. The van der Waals surface area contributed by atoms with Crippen molar-refractivity contribution in [1.82, 2.24) is 9.80 Å². The number of rotatable bonds is 7. The number of anilines is 1. The highest BCUT2D eigenvalue weighted by Gasteiger charge is 2.24. The third-order valence-corrected chi connectivity index (χ3v) is 8.65. The quantitative estimate of drug-likeness (QED) is 0.460. The van der Waals surface area contributed by atoms with Gasteiger partial charge in [-0.15, -0.1) is 11.8 Å². The van der Waals surface area contributed by atoms with E-state index in [4.69, 9.17) is 0 Å². The summed E-state index contributed by atoms with van der Waals surface area (Å²) < 4.78 is 27.2. The zero-order chi connectivity index (χ0) is 24.1. The van der Waals surface area contributed by atoms with E-state index in [1.54, 1.807) is 60.3 Å². The topological polar surface area (TPSA) is 60.9 Å². The van der Waals surface area contributed by atoms with Crippen LogP contribution in [0.4, 0.5) is 5.69 Å². The number of sulfonamides is 1. The molecule has 0 unspecified atom stereocenters. The Kier molecular flexibility index (Phi) is 7.60. The predicted octanol–water partition coefficient (Wildman–Crippen LogP) is 4.19. The lowest BCUT2D eigenvalue weighted by Gasteiger charge is -2.34.